The molecule has 4 rings (SSSR count). The molecule has 1 amide bonds. The lowest BCUT2D eigenvalue weighted by Crippen LogP contribution is -2.28. The van der Waals surface area contributed by atoms with Gasteiger partial charge in [-0.1, -0.05) is 11.6 Å². The van der Waals surface area contributed by atoms with Crippen molar-refractivity contribution in [2.24, 2.45) is 4.99 Å². The van der Waals surface area contributed by atoms with Gasteiger partial charge in [-0.25, -0.2) is 4.99 Å². The van der Waals surface area contributed by atoms with E-state index in [4.69, 9.17) is 16.0 Å². The molecule has 2 aliphatic rings. The number of benzene rings is 1. The van der Waals surface area contributed by atoms with Gasteiger partial charge < -0.3 is 9.32 Å². The number of amidine groups is 1. The van der Waals surface area contributed by atoms with Crippen LogP contribution in [0.3, 0.4) is 0 Å². The van der Waals surface area contributed by atoms with Crippen LogP contribution in [0, 0.1) is 0 Å². The number of anilines is 1. The first kappa shape index (κ1) is 18.2. The molecule has 0 bridgehead atoms. The summed E-state index contributed by atoms with van der Waals surface area (Å²) in [7, 11) is 1.73. The second-order valence-electron chi connectivity index (χ2n) is 6.57. The summed E-state index contributed by atoms with van der Waals surface area (Å²) < 4.78 is 5.95. The Morgan fingerprint density at radius 2 is 1.85 bits per heavy atom. The summed E-state index contributed by atoms with van der Waals surface area (Å²) in [5.74, 6) is 1.48. The number of thioether (sulfide) groups is 1. The molecule has 3 heterocycles. The zero-order valence-corrected chi connectivity index (χ0v) is 16.6. The smallest absolute Gasteiger partial charge is 0.266 e. The Labute approximate surface area is 167 Å². The Hall–Kier alpha value is -2.18. The number of amides is 1. The Morgan fingerprint density at radius 1 is 1.11 bits per heavy atom. The van der Waals surface area contributed by atoms with Crippen molar-refractivity contribution in [1.29, 1.82) is 0 Å². The summed E-state index contributed by atoms with van der Waals surface area (Å²) in [5.41, 5.74) is 0.758. The zero-order chi connectivity index (χ0) is 18.8. The lowest BCUT2D eigenvalue weighted by Gasteiger charge is -2.25. The van der Waals surface area contributed by atoms with Gasteiger partial charge in [0, 0.05) is 37.3 Å². The van der Waals surface area contributed by atoms with E-state index in [2.05, 4.69) is 9.89 Å². The van der Waals surface area contributed by atoms with E-state index < -0.39 is 0 Å². The van der Waals surface area contributed by atoms with E-state index in [1.54, 1.807) is 30.2 Å². The number of hydrogen-bond acceptors (Lipinski definition) is 5. The first-order valence-electron chi connectivity index (χ1n) is 8.97. The number of rotatable bonds is 3. The largest absolute Gasteiger partial charge is 0.441 e. The van der Waals surface area contributed by atoms with Crippen LogP contribution in [0.5, 0.6) is 0 Å². The van der Waals surface area contributed by atoms with Crippen molar-refractivity contribution in [3.8, 4) is 0 Å². The Morgan fingerprint density at radius 3 is 2.59 bits per heavy atom. The summed E-state index contributed by atoms with van der Waals surface area (Å²) in [6.45, 7) is 2.05. The number of carbonyl (C=O) groups is 1. The highest BCUT2D eigenvalue weighted by atomic mass is 35.5. The third-order valence-electron chi connectivity index (χ3n) is 4.61. The van der Waals surface area contributed by atoms with Gasteiger partial charge in [-0.3, -0.25) is 9.69 Å². The second kappa shape index (κ2) is 7.82. The maximum absolute atomic E-state index is 12.6. The molecule has 1 aromatic carbocycles. The maximum Gasteiger partial charge on any atom is 0.266 e. The monoisotopic (exact) mass is 401 g/mol. The SMILES string of the molecule is CN1C(=O)/C(=C\c2ccc(N3CCCCC3)o2)SC1=Nc1ccc(Cl)cc1. The van der Waals surface area contributed by atoms with Gasteiger partial charge >= 0.3 is 0 Å². The molecule has 0 radical (unpaired) electrons. The molecule has 27 heavy (non-hydrogen) atoms. The molecule has 0 N–H and O–H groups in total. The minimum Gasteiger partial charge on any atom is -0.441 e. The molecular weight excluding hydrogens is 382 g/mol. The molecule has 0 unspecified atom stereocenters. The van der Waals surface area contributed by atoms with Crippen molar-refractivity contribution in [3.63, 3.8) is 0 Å². The molecule has 2 aliphatic heterocycles. The third-order valence-corrected chi connectivity index (χ3v) is 5.92. The van der Waals surface area contributed by atoms with Crippen molar-refractivity contribution < 1.29 is 9.21 Å². The van der Waals surface area contributed by atoms with Crippen LogP contribution in [0.4, 0.5) is 11.6 Å². The molecule has 2 fully saturated rings. The number of piperidine rings is 1. The standard InChI is InChI=1S/C20H20ClN3O2S/c1-23-19(25)17(27-20(23)22-15-7-5-14(21)6-8-15)13-16-9-10-18(26-16)24-11-3-2-4-12-24/h5-10,13H,2-4,11-12H2,1H3/b17-13+,22-20?. The van der Waals surface area contributed by atoms with E-state index in [9.17, 15) is 4.79 Å². The van der Waals surface area contributed by atoms with Crippen LogP contribution in [-0.4, -0.2) is 36.1 Å². The lowest BCUT2D eigenvalue weighted by atomic mass is 10.1. The normalized spacial score (nSPS) is 20.9. The molecule has 5 nitrogen and oxygen atoms in total. The van der Waals surface area contributed by atoms with Gasteiger partial charge in [0.05, 0.1) is 10.6 Å². The van der Waals surface area contributed by atoms with E-state index >= 15 is 0 Å². The van der Waals surface area contributed by atoms with Gasteiger partial charge in [-0.2, -0.15) is 0 Å². The van der Waals surface area contributed by atoms with Crippen LogP contribution >= 0.6 is 23.4 Å². The predicted molar refractivity (Wildman–Crippen MR) is 112 cm³/mol. The van der Waals surface area contributed by atoms with Crippen molar-refractivity contribution in [2.75, 3.05) is 25.0 Å². The van der Waals surface area contributed by atoms with Crippen LogP contribution < -0.4 is 4.90 Å². The Kier molecular flexibility index (Phi) is 5.27. The van der Waals surface area contributed by atoms with Crippen molar-refractivity contribution in [3.05, 3.63) is 52.1 Å². The molecular formula is C20H20ClN3O2S. The van der Waals surface area contributed by atoms with Crippen LogP contribution in [0.25, 0.3) is 6.08 Å². The van der Waals surface area contributed by atoms with Gasteiger partial charge in [0.1, 0.15) is 5.76 Å². The van der Waals surface area contributed by atoms with E-state index in [-0.39, 0.29) is 5.91 Å². The predicted octanol–water partition coefficient (Wildman–Crippen LogP) is 5.16. The van der Waals surface area contributed by atoms with Gasteiger partial charge in [0.15, 0.2) is 11.1 Å². The number of hydrogen-bond donors (Lipinski definition) is 0. The highest BCUT2D eigenvalue weighted by molar-refractivity contribution is 8.18. The summed E-state index contributed by atoms with van der Waals surface area (Å²) in [4.78, 5) is 21.5. The highest BCUT2D eigenvalue weighted by Crippen LogP contribution is 2.34. The van der Waals surface area contributed by atoms with Crippen LogP contribution in [0.1, 0.15) is 25.0 Å². The van der Waals surface area contributed by atoms with Crippen LogP contribution in [-0.2, 0) is 4.79 Å². The van der Waals surface area contributed by atoms with Gasteiger partial charge in [0.2, 0.25) is 0 Å². The molecule has 140 valence electrons. The maximum atomic E-state index is 12.6. The number of furan rings is 1. The van der Waals surface area contributed by atoms with E-state index in [1.165, 1.54) is 31.0 Å². The van der Waals surface area contributed by atoms with E-state index in [1.807, 2.05) is 24.3 Å². The molecule has 0 saturated carbocycles. The topological polar surface area (TPSA) is 49.1 Å². The third kappa shape index (κ3) is 4.06. The number of carbonyl (C=O) groups excluding carboxylic acids is 1. The molecule has 0 spiro atoms. The molecule has 1 aromatic heterocycles. The average molecular weight is 402 g/mol. The number of aliphatic imine (C=N–C) groups is 1. The van der Waals surface area contributed by atoms with Gasteiger partial charge in [-0.15, -0.1) is 0 Å². The van der Waals surface area contributed by atoms with Crippen LogP contribution in [0.15, 0.2) is 50.7 Å². The van der Waals surface area contributed by atoms with Crippen molar-refractivity contribution >= 4 is 52.1 Å². The molecule has 0 aliphatic carbocycles. The zero-order valence-electron chi connectivity index (χ0n) is 15.0. The van der Waals surface area contributed by atoms with Crippen LogP contribution in [0.2, 0.25) is 5.02 Å². The summed E-state index contributed by atoms with van der Waals surface area (Å²) in [5, 5.41) is 1.29. The first-order chi connectivity index (χ1) is 13.1. The quantitative estimate of drug-likeness (QED) is 0.667. The Bertz CT molecular complexity index is 898. The molecule has 2 saturated heterocycles. The van der Waals surface area contributed by atoms with Crippen molar-refractivity contribution in [2.45, 2.75) is 19.3 Å². The number of nitrogens with zero attached hydrogens (tertiary/aromatic N) is 3. The highest BCUT2D eigenvalue weighted by Gasteiger charge is 2.30. The molecule has 2 aromatic rings. The average Bonchev–Trinajstić information content (AvgIpc) is 3.26. The van der Waals surface area contributed by atoms with Crippen molar-refractivity contribution in [1.82, 2.24) is 4.90 Å². The fourth-order valence-electron chi connectivity index (χ4n) is 3.11. The summed E-state index contributed by atoms with van der Waals surface area (Å²) in [6.07, 6.45) is 5.46. The minimum atomic E-state index is -0.0800. The molecule has 7 heteroatoms. The Balaban J connectivity index is 1.53. The summed E-state index contributed by atoms with van der Waals surface area (Å²) >= 11 is 7.26. The van der Waals surface area contributed by atoms with Gasteiger partial charge in [-0.05, 0) is 61.4 Å². The first-order valence-corrected chi connectivity index (χ1v) is 10.2. The van der Waals surface area contributed by atoms with E-state index in [0.717, 1.165) is 24.7 Å². The number of halogens is 1. The summed E-state index contributed by atoms with van der Waals surface area (Å²) in [6, 6.07) is 11.1. The molecule has 0 atom stereocenters. The fraction of sp³-hybridized carbons (Fsp3) is 0.300. The van der Waals surface area contributed by atoms with Gasteiger partial charge in [0.25, 0.3) is 5.91 Å². The minimum absolute atomic E-state index is 0.0800. The van der Waals surface area contributed by atoms with E-state index in [0.29, 0.717) is 20.9 Å². The second-order valence-corrected chi connectivity index (χ2v) is 8.01. The fourth-order valence-corrected chi connectivity index (χ4v) is 4.20. The lowest BCUT2D eigenvalue weighted by molar-refractivity contribution is -0.121. The number of likely N-dealkylation sites (N-methyl/N-ethyl adjacent to an activating group) is 1.